The van der Waals surface area contributed by atoms with Gasteiger partial charge in [0.1, 0.15) is 5.82 Å². The van der Waals surface area contributed by atoms with E-state index in [1.54, 1.807) is 0 Å². The van der Waals surface area contributed by atoms with E-state index < -0.39 is 0 Å². The summed E-state index contributed by atoms with van der Waals surface area (Å²) >= 11 is 3.26. The molecule has 0 saturated carbocycles. The molecule has 2 aromatic heterocycles. The van der Waals surface area contributed by atoms with Crippen molar-refractivity contribution in [2.45, 2.75) is 19.4 Å². The fourth-order valence-corrected chi connectivity index (χ4v) is 2.37. The van der Waals surface area contributed by atoms with Gasteiger partial charge in [-0.25, -0.2) is 9.67 Å². The Balaban J connectivity index is 1.92. The number of fused-ring (bicyclic) bond motifs is 1. The molecule has 1 unspecified atom stereocenters. The van der Waals surface area contributed by atoms with Gasteiger partial charge in [0.25, 0.3) is 0 Å². The van der Waals surface area contributed by atoms with Crippen molar-refractivity contribution in [1.29, 1.82) is 0 Å². The van der Waals surface area contributed by atoms with Crippen molar-refractivity contribution >= 4 is 15.9 Å². The highest BCUT2D eigenvalue weighted by atomic mass is 79.9. The Morgan fingerprint density at radius 3 is 3.12 bits per heavy atom. The summed E-state index contributed by atoms with van der Waals surface area (Å²) in [7, 11) is 0. The number of aliphatic hydroxyl groups is 1. The molecule has 0 radical (unpaired) electrons. The number of hydrogen-bond acceptors (Lipinski definition) is 4. The van der Waals surface area contributed by atoms with Gasteiger partial charge < -0.3 is 9.52 Å². The van der Waals surface area contributed by atoms with Crippen molar-refractivity contribution in [1.82, 2.24) is 14.8 Å². The van der Waals surface area contributed by atoms with Gasteiger partial charge in [0.15, 0.2) is 10.4 Å². The quantitative estimate of drug-likeness (QED) is 0.919. The molecule has 0 saturated heterocycles. The summed E-state index contributed by atoms with van der Waals surface area (Å²) in [5.41, 5.74) is 0. The van der Waals surface area contributed by atoms with Crippen LogP contribution in [0.3, 0.4) is 0 Å². The van der Waals surface area contributed by atoms with Gasteiger partial charge in [-0.3, -0.25) is 0 Å². The molecule has 1 aliphatic rings. The predicted octanol–water partition coefficient (Wildman–Crippen LogP) is 1.86. The smallest absolute Gasteiger partial charge is 0.217 e. The topological polar surface area (TPSA) is 64.1 Å². The van der Waals surface area contributed by atoms with E-state index in [2.05, 4.69) is 26.0 Å². The third kappa shape index (κ3) is 2.02. The van der Waals surface area contributed by atoms with E-state index >= 15 is 0 Å². The molecule has 6 heteroatoms. The largest absolute Gasteiger partial charge is 0.446 e. The highest BCUT2D eigenvalue weighted by molar-refractivity contribution is 9.10. The van der Waals surface area contributed by atoms with E-state index in [0.717, 1.165) is 25.2 Å². The lowest BCUT2D eigenvalue weighted by atomic mass is 9.99. The van der Waals surface area contributed by atoms with Gasteiger partial charge in [0, 0.05) is 19.6 Å². The van der Waals surface area contributed by atoms with E-state index in [0.29, 0.717) is 22.2 Å². The van der Waals surface area contributed by atoms with Crippen molar-refractivity contribution in [3.05, 3.63) is 22.6 Å². The molecule has 1 aliphatic heterocycles. The minimum atomic E-state index is 0.217. The average Bonchev–Trinajstić information content (AvgIpc) is 2.93. The first-order valence-electron chi connectivity index (χ1n) is 5.56. The Morgan fingerprint density at radius 1 is 1.53 bits per heavy atom. The van der Waals surface area contributed by atoms with Gasteiger partial charge in [0.05, 0.1) is 0 Å². The van der Waals surface area contributed by atoms with E-state index in [9.17, 15) is 0 Å². The first kappa shape index (κ1) is 11.0. The van der Waals surface area contributed by atoms with Crippen molar-refractivity contribution in [2.75, 3.05) is 6.61 Å². The maximum atomic E-state index is 9.16. The Kier molecular flexibility index (Phi) is 2.76. The molecule has 3 rings (SSSR count). The lowest BCUT2D eigenvalue weighted by Gasteiger charge is -2.19. The van der Waals surface area contributed by atoms with Crippen molar-refractivity contribution in [3.63, 3.8) is 0 Å². The fourth-order valence-electron chi connectivity index (χ4n) is 2.06. The summed E-state index contributed by atoms with van der Waals surface area (Å²) in [5.74, 6) is 2.52. The summed E-state index contributed by atoms with van der Waals surface area (Å²) in [4.78, 5) is 4.46. The third-order valence-electron chi connectivity index (χ3n) is 3.02. The van der Waals surface area contributed by atoms with Crippen molar-refractivity contribution in [2.24, 2.45) is 5.92 Å². The first-order valence-corrected chi connectivity index (χ1v) is 6.36. The molecule has 17 heavy (non-hydrogen) atoms. The molecule has 2 aromatic rings. The first-order chi connectivity index (χ1) is 8.26. The molecule has 5 nitrogen and oxygen atoms in total. The number of aliphatic hydroxyl groups excluding tert-OH is 1. The van der Waals surface area contributed by atoms with E-state index in [-0.39, 0.29) is 6.61 Å². The van der Waals surface area contributed by atoms with Crippen molar-refractivity contribution in [3.8, 4) is 11.6 Å². The van der Waals surface area contributed by atoms with Gasteiger partial charge in [-0.2, -0.15) is 0 Å². The maximum Gasteiger partial charge on any atom is 0.217 e. The van der Waals surface area contributed by atoms with E-state index in [4.69, 9.17) is 9.52 Å². The molecule has 0 bridgehead atoms. The SMILES string of the molecule is OCC1CCn2nc(-c3ccc(Br)o3)nc2C1. The van der Waals surface area contributed by atoms with Gasteiger partial charge >= 0.3 is 0 Å². The van der Waals surface area contributed by atoms with Crippen LogP contribution < -0.4 is 0 Å². The van der Waals surface area contributed by atoms with Crippen LogP contribution in [-0.2, 0) is 13.0 Å². The molecule has 0 amide bonds. The monoisotopic (exact) mass is 297 g/mol. The summed E-state index contributed by atoms with van der Waals surface area (Å²) in [6.45, 7) is 1.03. The van der Waals surface area contributed by atoms with E-state index in [1.807, 2.05) is 16.8 Å². The number of aromatic nitrogens is 3. The lowest BCUT2D eigenvalue weighted by molar-refractivity contribution is 0.196. The van der Waals surface area contributed by atoms with Crippen LogP contribution in [0.1, 0.15) is 12.2 Å². The highest BCUT2D eigenvalue weighted by Gasteiger charge is 2.22. The number of furan rings is 1. The molecule has 0 aromatic carbocycles. The maximum absolute atomic E-state index is 9.16. The van der Waals surface area contributed by atoms with Gasteiger partial charge in [-0.15, -0.1) is 5.10 Å². The molecule has 90 valence electrons. The van der Waals surface area contributed by atoms with Crippen LogP contribution in [0.5, 0.6) is 0 Å². The number of aryl methyl sites for hydroxylation is 1. The fraction of sp³-hybridized carbons (Fsp3) is 0.455. The zero-order valence-corrected chi connectivity index (χ0v) is 10.7. The normalized spacial score (nSPS) is 19.3. The van der Waals surface area contributed by atoms with Gasteiger partial charge in [-0.05, 0) is 40.4 Å². The van der Waals surface area contributed by atoms with E-state index in [1.165, 1.54) is 0 Å². The summed E-state index contributed by atoms with van der Waals surface area (Å²) < 4.78 is 8.00. The van der Waals surface area contributed by atoms with Crippen molar-refractivity contribution < 1.29 is 9.52 Å². The molecule has 0 fully saturated rings. The standard InChI is InChI=1S/C11H12BrN3O2/c12-9-2-1-8(17-9)11-13-10-5-7(6-16)3-4-15(10)14-11/h1-2,7,16H,3-6H2. The van der Waals surface area contributed by atoms with Crippen LogP contribution in [0.4, 0.5) is 0 Å². The van der Waals surface area contributed by atoms with Gasteiger partial charge in [-0.1, -0.05) is 0 Å². The Labute approximate surface area is 107 Å². The number of hydrogen-bond donors (Lipinski definition) is 1. The predicted molar refractivity (Wildman–Crippen MR) is 64.3 cm³/mol. The second-order valence-electron chi connectivity index (χ2n) is 4.22. The van der Waals surface area contributed by atoms with Crippen LogP contribution in [0.25, 0.3) is 11.6 Å². The summed E-state index contributed by atoms with van der Waals surface area (Å²) in [6, 6.07) is 3.67. The molecule has 0 spiro atoms. The molecule has 0 aliphatic carbocycles. The highest BCUT2D eigenvalue weighted by Crippen LogP contribution is 2.25. The summed E-state index contributed by atoms with van der Waals surface area (Å²) in [6.07, 6.45) is 1.74. The molecule has 1 atom stereocenters. The Morgan fingerprint density at radius 2 is 2.41 bits per heavy atom. The zero-order valence-electron chi connectivity index (χ0n) is 9.14. The minimum absolute atomic E-state index is 0.217. The average molecular weight is 298 g/mol. The molecular formula is C11H12BrN3O2. The van der Waals surface area contributed by atoms with Crippen LogP contribution >= 0.6 is 15.9 Å². The Bertz CT molecular complexity index is 535. The number of rotatable bonds is 2. The third-order valence-corrected chi connectivity index (χ3v) is 3.45. The van der Waals surface area contributed by atoms with Crippen LogP contribution in [0, 0.1) is 5.92 Å². The second kappa shape index (κ2) is 4.27. The summed E-state index contributed by atoms with van der Waals surface area (Å²) in [5, 5.41) is 13.6. The molecule has 1 N–H and O–H groups in total. The lowest BCUT2D eigenvalue weighted by Crippen LogP contribution is -2.22. The zero-order chi connectivity index (χ0) is 11.8. The van der Waals surface area contributed by atoms with Crippen LogP contribution in [0.15, 0.2) is 21.2 Å². The van der Waals surface area contributed by atoms with Crippen LogP contribution in [-0.4, -0.2) is 26.5 Å². The molecule has 3 heterocycles. The second-order valence-corrected chi connectivity index (χ2v) is 5.00. The van der Waals surface area contributed by atoms with Gasteiger partial charge in [0.2, 0.25) is 5.82 Å². The minimum Gasteiger partial charge on any atom is -0.446 e. The van der Waals surface area contributed by atoms with Crippen LogP contribution in [0.2, 0.25) is 0 Å². The number of halogens is 1. The number of nitrogens with zero attached hydrogens (tertiary/aromatic N) is 3. The molecular weight excluding hydrogens is 286 g/mol. The Hall–Kier alpha value is -1.14.